The van der Waals surface area contributed by atoms with E-state index in [1.807, 2.05) is 12.1 Å². The molecule has 0 amide bonds. The van der Waals surface area contributed by atoms with Crippen molar-refractivity contribution in [2.45, 2.75) is 32.2 Å². The molecule has 3 N–H and O–H groups in total. The van der Waals surface area contributed by atoms with Gasteiger partial charge in [0.1, 0.15) is 22.8 Å². The van der Waals surface area contributed by atoms with Crippen LogP contribution >= 0.6 is 0 Å². The summed E-state index contributed by atoms with van der Waals surface area (Å²) in [6, 6.07) is 9.92. The third kappa shape index (κ3) is 4.50. The zero-order chi connectivity index (χ0) is 27.1. The van der Waals surface area contributed by atoms with Gasteiger partial charge in [-0.1, -0.05) is 25.0 Å². The Kier molecular flexibility index (Phi) is 6.24. The average molecular weight is 537 g/mol. The highest BCUT2D eigenvalue weighted by atomic mass is 19.1. The zero-order valence-electron chi connectivity index (χ0n) is 21.6. The van der Waals surface area contributed by atoms with Crippen molar-refractivity contribution in [3.05, 3.63) is 78.4 Å². The summed E-state index contributed by atoms with van der Waals surface area (Å²) < 4.78 is 29.6. The van der Waals surface area contributed by atoms with Gasteiger partial charge in [-0.2, -0.15) is 5.10 Å². The van der Waals surface area contributed by atoms with Crippen molar-refractivity contribution >= 4 is 22.2 Å². The molecule has 10 heteroatoms. The first-order valence-corrected chi connectivity index (χ1v) is 13.4. The summed E-state index contributed by atoms with van der Waals surface area (Å²) in [7, 11) is 0. The molecular weight excluding hydrogens is 510 g/mol. The number of rotatable bonds is 7. The molecule has 5 heterocycles. The van der Waals surface area contributed by atoms with Crippen molar-refractivity contribution in [3.63, 3.8) is 0 Å². The van der Waals surface area contributed by atoms with E-state index in [0.29, 0.717) is 46.0 Å². The summed E-state index contributed by atoms with van der Waals surface area (Å²) in [6.45, 7) is 1.66. The molecule has 40 heavy (non-hydrogen) atoms. The first-order chi connectivity index (χ1) is 19.6. The minimum absolute atomic E-state index is 0.227. The van der Waals surface area contributed by atoms with E-state index >= 15 is 4.39 Å². The fourth-order valence-electron chi connectivity index (χ4n) is 5.58. The van der Waals surface area contributed by atoms with Crippen LogP contribution in [0.4, 0.5) is 8.78 Å². The molecule has 7 rings (SSSR count). The van der Waals surface area contributed by atoms with Crippen molar-refractivity contribution < 1.29 is 8.78 Å². The van der Waals surface area contributed by atoms with Crippen molar-refractivity contribution in [2.24, 2.45) is 5.92 Å². The maximum Gasteiger partial charge on any atom is 0.161 e. The fraction of sp³-hybridized carbons (Fsp3) is 0.233. The van der Waals surface area contributed by atoms with Gasteiger partial charge in [-0.05, 0) is 60.7 Å². The van der Waals surface area contributed by atoms with E-state index in [-0.39, 0.29) is 11.2 Å². The number of hydrogen-bond acceptors (Lipinski definition) is 6. The summed E-state index contributed by atoms with van der Waals surface area (Å²) >= 11 is 0. The molecule has 1 aliphatic rings. The maximum absolute atomic E-state index is 16.1. The van der Waals surface area contributed by atoms with Gasteiger partial charge in [-0.15, -0.1) is 0 Å². The van der Waals surface area contributed by atoms with Crippen LogP contribution in [0.15, 0.2) is 61.2 Å². The van der Waals surface area contributed by atoms with Gasteiger partial charge in [-0.3, -0.25) is 10.1 Å². The third-order valence-corrected chi connectivity index (χ3v) is 7.63. The van der Waals surface area contributed by atoms with Crippen molar-refractivity contribution in [2.75, 3.05) is 6.54 Å². The van der Waals surface area contributed by atoms with E-state index in [1.165, 1.54) is 44.0 Å². The molecule has 1 aliphatic carbocycles. The number of hydrogen-bond donors (Lipinski definition) is 3. The number of nitrogens with one attached hydrogen (secondary N) is 3. The van der Waals surface area contributed by atoms with E-state index in [9.17, 15) is 4.39 Å². The molecule has 200 valence electrons. The summed E-state index contributed by atoms with van der Waals surface area (Å²) in [5.41, 5.74) is 5.23. The Morgan fingerprint density at radius 2 is 1.75 bits per heavy atom. The quantitative estimate of drug-likeness (QED) is 0.225. The summed E-state index contributed by atoms with van der Waals surface area (Å²) in [6.07, 6.45) is 11.8. The van der Waals surface area contributed by atoms with Gasteiger partial charge in [0.15, 0.2) is 17.1 Å². The van der Waals surface area contributed by atoms with Crippen molar-refractivity contribution in [3.8, 4) is 33.8 Å². The second kappa shape index (κ2) is 10.2. The Morgan fingerprint density at radius 3 is 2.60 bits per heavy atom. The Hall–Kier alpha value is -4.57. The fourth-order valence-corrected chi connectivity index (χ4v) is 5.58. The summed E-state index contributed by atoms with van der Waals surface area (Å²) in [4.78, 5) is 21.1. The maximum atomic E-state index is 16.1. The Morgan fingerprint density at radius 1 is 0.900 bits per heavy atom. The van der Waals surface area contributed by atoms with Gasteiger partial charge in [0, 0.05) is 48.0 Å². The highest BCUT2D eigenvalue weighted by Crippen LogP contribution is 2.34. The van der Waals surface area contributed by atoms with Crippen molar-refractivity contribution in [1.29, 1.82) is 0 Å². The number of pyridine rings is 3. The molecule has 0 bridgehead atoms. The topological polar surface area (TPSA) is 108 Å². The van der Waals surface area contributed by atoms with Crippen LogP contribution in [0.25, 0.3) is 56.0 Å². The van der Waals surface area contributed by atoms with E-state index in [0.717, 1.165) is 29.2 Å². The number of aromatic nitrogens is 7. The highest BCUT2D eigenvalue weighted by Gasteiger charge is 2.22. The van der Waals surface area contributed by atoms with E-state index < -0.39 is 5.82 Å². The van der Waals surface area contributed by atoms with Crippen LogP contribution in [-0.4, -0.2) is 41.7 Å². The molecule has 1 saturated carbocycles. The average Bonchev–Trinajstić information content (AvgIpc) is 3.73. The molecule has 0 aliphatic heterocycles. The molecule has 8 nitrogen and oxygen atoms in total. The first kappa shape index (κ1) is 24.5. The summed E-state index contributed by atoms with van der Waals surface area (Å²) in [5, 5.41) is 10.9. The molecule has 0 spiro atoms. The number of imidazole rings is 1. The van der Waals surface area contributed by atoms with Crippen LogP contribution in [0, 0.1) is 17.6 Å². The van der Waals surface area contributed by atoms with Crippen LogP contribution in [0.1, 0.15) is 31.2 Å². The minimum Gasteiger partial charge on any atom is -0.321 e. The van der Waals surface area contributed by atoms with Gasteiger partial charge in [0.2, 0.25) is 0 Å². The monoisotopic (exact) mass is 536 g/mol. The van der Waals surface area contributed by atoms with Crippen LogP contribution in [0.2, 0.25) is 0 Å². The third-order valence-electron chi connectivity index (χ3n) is 7.63. The van der Waals surface area contributed by atoms with Crippen molar-refractivity contribution in [1.82, 2.24) is 40.4 Å². The normalized spacial score (nSPS) is 14.1. The second-order valence-electron chi connectivity index (χ2n) is 10.3. The molecule has 1 fully saturated rings. The standard InChI is InChI=1S/C30H26F2N8/c31-21-7-5-19(6-8-21)22-9-10-35-29-26(22)37-30(38-29)27-24-25(32)23(16-36-28(24)40-39-27)20-11-18(14-34-15-20)13-33-12-17-3-1-2-4-17/h5-11,14-17,33H,1-4,12-13H2,(H,35,37,38)(H,36,39,40). The lowest BCUT2D eigenvalue weighted by atomic mass is 10.0. The van der Waals surface area contributed by atoms with E-state index in [2.05, 4.69) is 35.5 Å². The molecule has 0 atom stereocenters. The molecule has 6 aromatic rings. The van der Waals surface area contributed by atoms with Gasteiger partial charge in [-0.25, -0.2) is 23.7 Å². The minimum atomic E-state index is -0.459. The summed E-state index contributed by atoms with van der Waals surface area (Å²) in [5.74, 6) is 0.308. The van der Waals surface area contributed by atoms with Crippen LogP contribution in [-0.2, 0) is 6.54 Å². The van der Waals surface area contributed by atoms with E-state index in [1.54, 1.807) is 30.7 Å². The molecular formula is C30H26F2N8. The first-order valence-electron chi connectivity index (χ1n) is 13.4. The highest BCUT2D eigenvalue weighted by molar-refractivity contribution is 5.96. The van der Waals surface area contributed by atoms with E-state index in [4.69, 9.17) is 4.98 Å². The van der Waals surface area contributed by atoms with Crippen LogP contribution < -0.4 is 5.32 Å². The number of H-pyrrole nitrogens is 2. The lowest BCUT2D eigenvalue weighted by Crippen LogP contribution is -2.20. The lowest BCUT2D eigenvalue weighted by molar-refractivity contribution is 0.489. The lowest BCUT2D eigenvalue weighted by Gasteiger charge is -2.11. The van der Waals surface area contributed by atoms with Crippen LogP contribution in [0.3, 0.4) is 0 Å². The molecule has 0 saturated heterocycles. The number of benzene rings is 1. The largest absolute Gasteiger partial charge is 0.321 e. The molecule has 1 aromatic carbocycles. The Bertz CT molecular complexity index is 1820. The predicted octanol–water partition coefficient (Wildman–Crippen LogP) is 6.18. The van der Waals surface area contributed by atoms with Gasteiger partial charge in [0.25, 0.3) is 0 Å². The smallest absolute Gasteiger partial charge is 0.161 e. The zero-order valence-corrected chi connectivity index (χ0v) is 21.6. The number of halogens is 2. The number of nitrogens with zero attached hydrogens (tertiary/aromatic N) is 5. The van der Waals surface area contributed by atoms with Gasteiger partial charge in [0.05, 0.1) is 5.39 Å². The SMILES string of the molecule is Fc1ccc(-c2ccnc3[nH]c(-c4n[nH]c5ncc(-c6cncc(CNCC7CCCC7)c6)c(F)c45)nc23)cc1. The number of aromatic amines is 2. The second-order valence-corrected chi connectivity index (χ2v) is 10.3. The Labute approximate surface area is 228 Å². The molecule has 0 unspecified atom stereocenters. The molecule has 5 aromatic heterocycles. The Balaban J connectivity index is 1.23. The van der Waals surface area contributed by atoms with Gasteiger partial charge < -0.3 is 10.3 Å². The predicted molar refractivity (Wildman–Crippen MR) is 149 cm³/mol. The number of fused-ring (bicyclic) bond motifs is 2. The molecule has 0 radical (unpaired) electrons. The van der Waals surface area contributed by atoms with Crippen LogP contribution in [0.5, 0.6) is 0 Å². The van der Waals surface area contributed by atoms with Gasteiger partial charge >= 0.3 is 0 Å².